The second-order valence-electron chi connectivity index (χ2n) is 5.67. The van der Waals surface area contributed by atoms with E-state index >= 15 is 0 Å². The van der Waals surface area contributed by atoms with Crippen molar-refractivity contribution in [3.8, 4) is 0 Å². The minimum Gasteiger partial charge on any atom is -0.479 e. The number of carbonyl (C=O) groups is 2. The summed E-state index contributed by atoms with van der Waals surface area (Å²) in [6.07, 6.45) is 1.66. The second-order valence-corrected chi connectivity index (χ2v) is 5.67. The molecule has 1 atom stereocenters. The molecule has 1 aromatic rings. The van der Waals surface area contributed by atoms with Gasteiger partial charge in [-0.1, -0.05) is 13.0 Å². The van der Waals surface area contributed by atoms with Crippen molar-refractivity contribution in [2.75, 3.05) is 11.9 Å². The molecule has 0 aliphatic carbocycles. The quantitative estimate of drug-likeness (QED) is 0.898. The van der Waals surface area contributed by atoms with Crippen molar-refractivity contribution >= 4 is 17.7 Å². The van der Waals surface area contributed by atoms with Gasteiger partial charge in [-0.3, -0.25) is 0 Å². The maximum atomic E-state index is 12.4. The number of likely N-dealkylation sites (tertiary alicyclic amines) is 1. The maximum Gasteiger partial charge on any atom is 0.329 e. The van der Waals surface area contributed by atoms with Crippen LogP contribution in [0, 0.1) is 13.8 Å². The lowest BCUT2D eigenvalue weighted by molar-refractivity contribution is -0.148. The fourth-order valence-corrected chi connectivity index (χ4v) is 2.93. The van der Waals surface area contributed by atoms with Crippen molar-refractivity contribution in [2.45, 2.75) is 45.6 Å². The Morgan fingerprint density at radius 2 is 2.05 bits per heavy atom. The van der Waals surface area contributed by atoms with Gasteiger partial charge in [-0.25, -0.2) is 9.59 Å². The molecule has 0 spiro atoms. The molecule has 0 saturated carbocycles. The number of aliphatic carboxylic acids is 1. The van der Waals surface area contributed by atoms with Crippen LogP contribution in [0.2, 0.25) is 0 Å². The highest BCUT2D eigenvalue weighted by molar-refractivity contribution is 5.94. The van der Waals surface area contributed by atoms with Crippen molar-refractivity contribution in [2.24, 2.45) is 0 Å². The fourth-order valence-electron chi connectivity index (χ4n) is 2.93. The van der Waals surface area contributed by atoms with Crippen LogP contribution in [0.4, 0.5) is 10.5 Å². The summed E-state index contributed by atoms with van der Waals surface area (Å²) in [5.41, 5.74) is 1.88. The first-order chi connectivity index (χ1) is 9.90. The van der Waals surface area contributed by atoms with Crippen molar-refractivity contribution in [1.82, 2.24) is 4.90 Å². The first kappa shape index (κ1) is 15.4. The van der Waals surface area contributed by atoms with E-state index in [0.717, 1.165) is 17.5 Å². The summed E-state index contributed by atoms with van der Waals surface area (Å²) in [6.45, 7) is 6.29. The van der Waals surface area contributed by atoms with Gasteiger partial charge in [0, 0.05) is 12.2 Å². The van der Waals surface area contributed by atoms with E-state index in [0.29, 0.717) is 25.1 Å². The monoisotopic (exact) mass is 290 g/mol. The Kier molecular flexibility index (Phi) is 4.21. The zero-order valence-electron chi connectivity index (χ0n) is 12.8. The molecule has 114 valence electrons. The number of nitrogens with one attached hydrogen (secondary N) is 1. The van der Waals surface area contributed by atoms with Gasteiger partial charge in [-0.15, -0.1) is 0 Å². The van der Waals surface area contributed by atoms with E-state index in [1.807, 2.05) is 39.0 Å². The molecule has 21 heavy (non-hydrogen) atoms. The molecule has 0 radical (unpaired) electrons. The molecule has 5 nitrogen and oxygen atoms in total. The van der Waals surface area contributed by atoms with Crippen LogP contribution in [0.5, 0.6) is 0 Å². The number of hydrogen-bond acceptors (Lipinski definition) is 2. The Labute approximate surface area is 125 Å². The van der Waals surface area contributed by atoms with Crippen LogP contribution >= 0.6 is 0 Å². The van der Waals surface area contributed by atoms with E-state index in [4.69, 9.17) is 0 Å². The van der Waals surface area contributed by atoms with Gasteiger partial charge in [-0.2, -0.15) is 0 Å². The molecule has 1 saturated heterocycles. The summed E-state index contributed by atoms with van der Waals surface area (Å²) in [4.78, 5) is 25.5. The largest absolute Gasteiger partial charge is 0.479 e. The molecule has 0 bridgehead atoms. The molecule has 5 heteroatoms. The van der Waals surface area contributed by atoms with Gasteiger partial charge in [0.05, 0.1) is 0 Å². The number of amides is 2. The summed E-state index contributed by atoms with van der Waals surface area (Å²) in [5.74, 6) is -0.919. The van der Waals surface area contributed by atoms with Gasteiger partial charge in [0.15, 0.2) is 0 Å². The summed E-state index contributed by atoms with van der Waals surface area (Å²) < 4.78 is 0. The third-order valence-corrected chi connectivity index (χ3v) is 4.48. The average molecular weight is 290 g/mol. The summed E-state index contributed by atoms with van der Waals surface area (Å²) in [7, 11) is 0. The fraction of sp³-hybridized carbons (Fsp3) is 0.500. The molecule has 1 heterocycles. The van der Waals surface area contributed by atoms with E-state index in [1.165, 1.54) is 4.90 Å². The van der Waals surface area contributed by atoms with Crippen LogP contribution in [0.3, 0.4) is 0 Å². The van der Waals surface area contributed by atoms with Crippen LogP contribution in [-0.2, 0) is 4.79 Å². The number of carboxylic acid groups (broad SMARTS) is 1. The topological polar surface area (TPSA) is 69.6 Å². The zero-order chi connectivity index (χ0) is 15.6. The Morgan fingerprint density at radius 1 is 1.33 bits per heavy atom. The van der Waals surface area contributed by atoms with Gasteiger partial charge in [0.25, 0.3) is 0 Å². The lowest BCUT2D eigenvalue weighted by Crippen LogP contribution is -2.54. The minimum atomic E-state index is -1.07. The lowest BCUT2D eigenvalue weighted by Gasteiger charge is -2.33. The predicted octanol–water partition coefficient (Wildman–Crippen LogP) is 3.16. The Morgan fingerprint density at radius 3 is 2.62 bits per heavy atom. The standard InChI is InChI=1S/C16H22N2O3/c1-4-16(14(19)20)8-5-9-18(16)15(21)17-13-7-6-11(2)12(3)10-13/h6-7,10H,4-5,8-9H2,1-3H3,(H,17,21)(H,19,20). The maximum absolute atomic E-state index is 12.4. The van der Waals surface area contributed by atoms with Crippen molar-refractivity contribution < 1.29 is 14.7 Å². The van der Waals surface area contributed by atoms with Crippen LogP contribution in [0.15, 0.2) is 18.2 Å². The highest BCUT2D eigenvalue weighted by Crippen LogP contribution is 2.33. The molecule has 1 aromatic carbocycles. The van der Waals surface area contributed by atoms with Gasteiger partial charge in [0.1, 0.15) is 5.54 Å². The number of hydrogen-bond donors (Lipinski definition) is 2. The molecule has 0 aromatic heterocycles. The van der Waals surface area contributed by atoms with Crippen LogP contribution in [-0.4, -0.2) is 34.1 Å². The number of nitrogens with zero attached hydrogens (tertiary/aromatic N) is 1. The van der Waals surface area contributed by atoms with Crippen LogP contribution in [0.25, 0.3) is 0 Å². The normalized spacial score (nSPS) is 21.4. The summed E-state index contributed by atoms with van der Waals surface area (Å²) in [6, 6.07) is 5.35. The van der Waals surface area contributed by atoms with E-state index in [-0.39, 0.29) is 6.03 Å². The number of aryl methyl sites for hydroxylation is 2. The molecule has 1 unspecified atom stereocenters. The third kappa shape index (κ3) is 2.73. The predicted molar refractivity (Wildman–Crippen MR) is 81.5 cm³/mol. The van der Waals surface area contributed by atoms with E-state index in [1.54, 1.807) is 0 Å². The SMILES string of the molecule is CCC1(C(=O)O)CCCN1C(=O)Nc1ccc(C)c(C)c1. The summed E-state index contributed by atoms with van der Waals surface area (Å²) in [5, 5.41) is 12.3. The van der Waals surface area contributed by atoms with Gasteiger partial charge in [-0.05, 0) is 56.4 Å². The first-order valence-corrected chi connectivity index (χ1v) is 7.30. The zero-order valence-corrected chi connectivity index (χ0v) is 12.8. The Balaban J connectivity index is 2.19. The molecule has 2 rings (SSSR count). The van der Waals surface area contributed by atoms with Gasteiger partial charge < -0.3 is 15.3 Å². The van der Waals surface area contributed by atoms with E-state index < -0.39 is 11.5 Å². The number of anilines is 1. The van der Waals surface area contributed by atoms with Crippen LogP contribution in [0.1, 0.15) is 37.3 Å². The molecule has 1 aliphatic heterocycles. The van der Waals surface area contributed by atoms with Crippen molar-refractivity contribution in [1.29, 1.82) is 0 Å². The number of benzene rings is 1. The number of carbonyl (C=O) groups excluding carboxylic acids is 1. The lowest BCUT2D eigenvalue weighted by atomic mass is 9.93. The molecule has 2 amide bonds. The van der Waals surface area contributed by atoms with Gasteiger partial charge in [0.2, 0.25) is 0 Å². The number of urea groups is 1. The van der Waals surface area contributed by atoms with E-state index in [2.05, 4.69) is 5.32 Å². The highest BCUT2D eigenvalue weighted by atomic mass is 16.4. The number of rotatable bonds is 3. The van der Waals surface area contributed by atoms with Crippen molar-refractivity contribution in [3.05, 3.63) is 29.3 Å². The third-order valence-electron chi connectivity index (χ3n) is 4.48. The molecule has 1 aliphatic rings. The molecule has 1 fully saturated rings. The minimum absolute atomic E-state index is 0.333. The number of carboxylic acids is 1. The van der Waals surface area contributed by atoms with Crippen molar-refractivity contribution in [3.63, 3.8) is 0 Å². The second kappa shape index (κ2) is 5.76. The summed E-state index contributed by atoms with van der Waals surface area (Å²) >= 11 is 0. The van der Waals surface area contributed by atoms with E-state index in [9.17, 15) is 14.7 Å². The van der Waals surface area contributed by atoms with Crippen LogP contribution < -0.4 is 5.32 Å². The first-order valence-electron chi connectivity index (χ1n) is 7.30. The molecule has 2 N–H and O–H groups in total. The Bertz CT molecular complexity index is 571. The highest BCUT2D eigenvalue weighted by Gasteiger charge is 2.48. The molecular formula is C16H22N2O3. The smallest absolute Gasteiger partial charge is 0.329 e. The average Bonchev–Trinajstić information content (AvgIpc) is 2.88. The van der Waals surface area contributed by atoms with Gasteiger partial charge >= 0.3 is 12.0 Å². The molecular weight excluding hydrogens is 268 g/mol. The Hall–Kier alpha value is -2.04.